The molecular weight excluding hydrogens is 170 g/mol. The third-order valence-electron chi connectivity index (χ3n) is 2.03. The maximum Gasteiger partial charge on any atom is 0.261 e. The van der Waals surface area contributed by atoms with Crippen LogP contribution in [0.1, 0.15) is 11.3 Å². The zero-order chi connectivity index (χ0) is 9.26. The van der Waals surface area contributed by atoms with Crippen molar-refractivity contribution in [1.82, 2.24) is 9.78 Å². The highest BCUT2D eigenvalue weighted by Crippen LogP contribution is 2.10. The predicted octanol–water partition coefficient (Wildman–Crippen LogP) is 0.437. The number of rotatable bonds is 1. The van der Waals surface area contributed by atoms with Crippen LogP contribution < -0.4 is 0 Å². The lowest BCUT2D eigenvalue weighted by molar-refractivity contribution is 0.0655. The summed E-state index contributed by atoms with van der Waals surface area (Å²) >= 11 is 0. The maximum absolute atomic E-state index is 5.33. The van der Waals surface area contributed by atoms with Crippen LogP contribution in [0.25, 0.3) is 0 Å². The third-order valence-corrected chi connectivity index (χ3v) is 2.03. The molecule has 0 bridgehead atoms. The first-order chi connectivity index (χ1) is 6.29. The largest absolute Gasteiger partial charge is 0.471 e. The van der Waals surface area contributed by atoms with E-state index in [2.05, 4.69) is 10.3 Å². The third kappa shape index (κ3) is 1.37. The van der Waals surface area contributed by atoms with Crippen LogP contribution >= 0.6 is 0 Å². The van der Waals surface area contributed by atoms with Gasteiger partial charge in [0.05, 0.1) is 11.8 Å². The number of ether oxygens (including phenoxy) is 1. The van der Waals surface area contributed by atoms with Crippen molar-refractivity contribution in [3.05, 3.63) is 17.5 Å². The minimum absolute atomic E-state index is 0.517. The molecular formula is C8H11N3O2. The van der Waals surface area contributed by atoms with Crippen molar-refractivity contribution in [2.24, 2.45) is 12.2 Å². The van der Waals surface area contributed by atoms with Crippen molar-refractivity contribution in [3.8, 4) is 0 Å². The minimum Gasteiger partial charge on any atom is -0.471 e. The molecule has 1 aromatic heterocycles. The molecule has 0 N–H and O–H groups in total. The first kappa shape index (κ1) is 8.10. The molecule has 0 aromatic carbocycles. The number of hydrogen-bond donors (Lipinski definition) is 0. The fraction of sp³-hybridized carbons (Fsp3) is 0.500. The van der Waals surface area contributed by atoms with E-state index in [1.807, 2.05) is 14.0 Å². The minimum atomic E-state index is 0.517. The fourth-order valence-electron chi connectivity index (χ4n) is 1.14. The molecule has 0 atom stereocenters. The zero-order valence-corrected chi connectivity index (χ0v) is 7.65. The van der Waals surface area contributed by atoms with Crippen molar-refractivity contribution in [2.75, 3.05) is 13.2 Å². The highest BCUT2D eigenvalue weighted by molar-refractivity contribution is 5.94. The van der Waals surface area contributed by atoms with Gasteiger partial charge in [-0.1, -0.05) is 0 Å². The molecule has 0 saturated heterocycles. The highest BCUT2D eigenvalue weighted by atomic mass is 16.7. The Bertz CT molecular complexity index is 343. The molecule has 2 heterocycles. The van der Waals surface area contributed by atoms with Gasteiger partial charge in [0.15, 0.2) is 6.61 Å². The molecule has 1 aliphatic rings. The lowest BCUT2D eigenvalue weighted by atomic mass is 10.2. The SMILES string of the molecule is Cc1c(C2=NOCCO2)cnn1C. The van der Waals surface area contributed by atoms with Crippen molar-refractivity contribution < 1.29 is 9.57 Å². The molecule has 0 radical (unpaired) electrons. The molecule has 13 heavy (non-hydrogen) atoms. The molecule has 2 rings (SSSR count). The summed E-state index contributed by atoms with van der Waals surface area (Å²) in [6.07, 6.45) is 1.73. The van der Waals surface area contributed by atoms with Crippen LogP contribution in [0.4, 0.5) is 0 Å². The topological polar surface area (TPSA) is 48.6 Å². The Balaban J connectivity index is 2.34. The van der Waals surface area contributed by atoms with Gasteiger partial charge in [0, 0.05) is 12.7 Å². The molecule has 0 unspecified atom stereocenters. The standard InChI is InChI=1S/C8H11N3O2/c1-6-7(5-9-11(6)2)8-10-13-4-3-12-8/h5H,3-4H2,1-2H3. The maximum atomic E-state index is 5.33. The van der Waals surface area contributed by atoms with Gasteiger partial charge in [-0.05, 0) is 12.1 Å². The summed E-state index contributed by atoms with van der Waals surface area (Å²) in [4.78, 5) is 4.93. The smallest absolute Gasteiger partial charge is 0.261 e. The number of oxime groups is 1. The van der Waals surface area contributed by atoms with E-state index >= 15 is 0 Å². The van der Waals surface area contributed by atoms with E-state index in [4.69, 9.17) is 9.57 Å². The second kappa shape index (κ2) is 3.08. The summed E-state index contributed by atoms with van der Waals surface area (Å²) in [7, 11) is 1.88. The van der Waals surface area contributed by atoms with Crippen LogP contribution in [0.5, 0.6) is 0 Å². The Labute approximate surface area is 75.9 Å². The predicted molar refractivity (Wildman–Crippen MR) is 46.4 cm³/mol. The van der Waals surface area contributed by atoms with Crippen LogP contribution in [0.2, 0.25) is 0 Å². The zero-order valence-electron chi connectivity index (χ0n) is 7.65. The lowest BCUT2D eigenvalue weighted by Gasteiger charge is -2.12. The monoisotopic (exact) mass is 181 g/mol. The van der Waals surface area contributed by atoms with E-state index in [-0.39, 0.29) is 0 Å². The Hall–Kier alpha value is -1.52. The second-order valence-electron chi connectivity index (χ2n) is 2.85. The van der Waals surface area contributed by atoms with E-state index in [1.54, 1.807) is 10.9 Å². The molecule has 0 amide bonds. The van der Waals surface area contributed by atoms with Crippen LogP contribution in [-0.2, 0) is 16.6 Å². The van der Waals surface area contributed by atoms with Gasteiger partial charge in [0.25, 0.3) is 5.90 Å². The molecule has 0 aliphatic carbocycles. The Morgan fingerprint density at radius 3 is 2.85 bits per heavy atom. The van der Waals surface area contributed by atoms with E-state index in [0.717, 1.165) is 11.3 Å². The first-order valence-electron chi connectivity index (χ1n) is 4.11. The summed E-state index contributed by atoms with van der Waals surface area (Å²) in [6.45, 7) is 3.03. The Morgan fingerprint density at radius 1 is 1.46 bits per heavy atom. The molecule has 70 valence electrons. The summed E-state index contributed by atoms with van der Waals surface area (Å²) in [5.74, 6) is 0.525. The number of aryl methyl sites for hydroxylation is 1. The van der Waals surface area contributed by atoms with Gasteiger partial charge >= 0.3 is 0 Å². The molecule has 1 aliphatic heterocycles. The van der Waals surface area contributed by atoms with Gasteiger partial charge < -0.3 is 9.57 Å². The number of nitrogens with zero attached hydrogens (tertiary/aromatic N) is 3. The van der Waals surface area contributed by atoms with Crippen molar-refractivity contribution in [2.45, 2.75) is 6.92 Å². The van der Waals surface area contributed by atoms with Crippen molar-refractivity contribution in [1.29, 1.82) is 0 Å². The fourth-order valence-corrected chi connectivity index (χ4v) is 1.14. The van der Waals surface area contributed by atoms with Crippen molar-refractivity contribution >= 4 is 5.90 Å². The van der Waals surface area contributed by atoms with Crippen LogP contribution in [0.3, 0.4) is 0 Å². The van der Waals surface area contributed by atoms with Gasteiger partial charge in [-0.3, -0.25) is 4.68 Å². The lowest BCUT2D eigenvalue weighted by Crippen LogP contribution is -2.17. The summed E-state index contributed by atoms with van der Waals surface area (Å²) < 4.78 is 7.10. The first-order valence-corrected chi connectivity index (χ1v) is 4.11. The molecule has 0 spiro atoms. The number of hydrogen-bond acceptors (Lipinski definition) is 4. The highest BCUT2D eigenvalue weighted by Gasteiger charge is 2.15. The van der Waals surface area contributed by atoms with Crippen LogP contribution in [0, 0.1) is 6.92 Å². The summed E-state index contributed by atoms with van der Waals surface area (Å²) in [6, 6.07) is 0. The van der Waals surface area contributed by atoms with E-state index in [9.17, 15) is 0 Å². The number of aromatic nitrogens is 2. The second-order valence-corrected chi connectivity index (χ2v) is 2.85. The van der Waals surface area contributed by atoms with Crippen LogP contribution in [-0.4, -0.2) is 28.9 Å². The quantitative estimate of drug-likeness (QED) is 0.631. The average Bonchev–Trinajstić information content (AvgIpc) is 2.49. The van der Waals surface area contributed by atoms with Gasteiger partial charge in [-0.25, -0.2) is 0 Å². The summed E-state index contributed by atoms with van der Waals surface area (Å²) in [5, 5.41) is 7.91. The van der Waals surface area contributed by atoms with E-state index < -0.39 is 0 Å². The van der Waals surface area contributed by atoms with Crippen molar-refractivity contribution in [3.63, 3.8) is 0 Å². The van der Waals surface area contributed by atoms with Gasteiger partial charge in [0.1, 0.15) is 6.61 Å². The van der Waals surface area contributed by atoms with Gasteiger partial charge in [-0.2, -0.15) is 5.10 Å². The normalized spacial score (nSPS) is 16.0. The summed E-state index contributed by atoms with van der Waals surface area (Å²) in [5.41, 5.74) is 1.91. The molecule has 1 aromatic rings. The Morgan fingerprint density at radius 2 is 2.31 bits per heavy atom. The van der Waals surface area contributed by atoms with E-state index in [0.29, 0.717) is 19.1 Å². The average molecular weight is 181 g/mol. The van der Waals surface area contributed by atoms with Crippen LogP contribution in [0.15, 0.2) is 11.4 Å². The van der Waals surface area contributed by atoms with Gasteiger partial charge in [-0.15, -0.1) is 0 Å². The molecule has 5 nitrogen and oxygen atoms in total. The van der Waals surface area contributed by atoms with Gasteiger partial charge in [0.2, 0.25) is 0 Å². The molecule has 0 saturated carbocycles. The van der Waals surface area contributed by atoms with E-state index in [1.165, 1.54) is 0 Å². The molecule has 5 heteroatoms. The molecule has 0 fully saturated rings. The Kier molecular flexibility index (Phi) is 1.92.